The third-order valence-electron chi connectivity index (χ3n) is 3.42. The van der Waals surface area contributed by atoms with Crippen LogP contribution >= 0.6 is 0 Å². The Morgan fingerprint density at radius 2 is 1.90 bits per heavy atom. The van der Waals surface area contributed by atoms with Gasteiger partial charge < -0.3 is 5.32 Å². The summed E-state index contributed by atoms with van der Waals surface area (Å²) in [6.45, 7) is 2.06. The molecule has 0 amide bonds. The number of para-hydroxylation sites is 1. The van der Waals surface area contributed by atoms with E-state index < -0.39 is 0 Å². The van der Waals surface area contributed by atoms with Gasteiger partial charge in [0.15, 0.2) is 5.82 Å². The van der Waals surface area contributed by atoms with E-state index in [0.717, 1.165) is 22.4 Å². The average molecular weight is 275 g/mol. The number of benzene rings is 2. The molecule has 0 atom stereocenters. The van der Waals surface area contributed by atoms with E-state index in [1.165, 1.54) is 5.56 Å². The zero-order valence-electron chi connectivity index (χ0n) is 11.5. The van der Waals surface area contributed by atoms with Gasteiger partial charge in [0.2, 0.25) is 5.65 Å². The van der Waals surface area contributed by atoms with E-state index >= 15 is 0 Å². The molecule has 0 aliphatic carbocycles. The largest absolute Gasteiger partial charge is 0.337 e. The van der Waals surface area contributed by atoms with E-state index in [4.69, 9.17) is 0 Å². The molecule has 0 saturated carbocycles. The van der Waals surface area contributed by atoms with E-state index in [9.17, 15) is 0 Å². The van der Waals surface area contributed by atoms with Crippen LogP contribution < -0.4 is 5.32 Å². The van der Waals surface area contributed by atoms with Crippen molar-refractivity contribution < 1.29 is 0 Å². The van der Waals surface area contributed by atoms with Crippen LogP contribution in [-0.4, -0.2) is 19.6 Å². The first-order valence-corrected chi connectivity index (χ1v) is 6.73. The van der Waals surface area contributed by atoms with E-state index in [0.29, 0.717) is 5.82 Å². The average Bonchev–Trinajstić information content (AvgIpc) is 2.99. The summed E-state index contributed by atoms with van der Waals surface area (Å²) in [5, 5.41) is 11.5. The van der Waals surface area contributed by atoms with E-state index in [2.05, 4.69) is 39.6 Å². The van der Waals surface area contributed by atoms with Crippen LogP contribution in [0, 0.1) is 6.92 Å². The minimum absolute atomic E-state index is 0.704. The maximum Gasteiger partial charge on any atom is 0.204 e. The smallest absolute Gasteiger partial charge is 0.204 e. The molecular formula is C16H13N5. The second-order valence-corrected chi connectivity index (χ2v) is 4.97. The van der Waals surface area contributed by atoms with Crippen LogP contribution in [0.15, 0.2) is 54.9 Å². The molecule has 5 heteroatoms. The van der Waals surface area contributed by atoms with Crippen molar-refractivity contribution >= 4 is 28.2 Å². The predicted octanol–water partition coefficient (Wildman–Crippen LogP) is 3.33. The molecule has 0 spiro atoms. The van der Waals surface area contributed by atoms with Gasteiger partial charge in [0.05, 0.1) is 11.0 Å². The van der Waals surface area contributed by atoms with Gasteiger partial charge in [-0.25, -0.2) is 4.98 Å². The van der Waals surface area contributed by atoms with E-state index in [1.807, 2.05) is 40.8 Å². The molecule has 1 N–H and O–H groups in total. The molecule has 2 heterocycles. The first kappa shape index (κ1) is 11.8. The van der Waals surface area contributed by atoms with Crippen LogP contribution in [-0.2, 0) is 0 Å². The fourth-order valence-electron chi connectivity index (χ4n) is 2.41. The fraction of sp³-hybridized carbons (Fsp3) is 0.0625. The van der Waals surface area contributed by atoms with Gasteiger partial charge in [-0.3, -0.25) is 4.40 Å². The summed E-state index contributed by atoms with van der Waals surface area (Å²) in [6, 6.07) is 16.1. The molecule has 2 aromatic carbocycles. The minimum Gasteiger partial charge on any atom is -0.337 e. The lowest BCUT2D eigenvalue weighted by molar-refractivity contribution is 1.11. The van der Waals surface area contributed by atoms with Crippen molar-refractivity contribution in [2.24, 2.45) is 0 Å². The highest BCUT2D eigenvalue weighted by Gasteiger charge is 2.10. The van der Waals surface area contributed by atoms with Crippen LogP contribution in [0.4, 0.5) is 11.5 Å². The number of aryl methyl sites for hydroxylation is 1. The van der Waals surface area contributed by atoms with Crippen molar-refractivity contribution in [1.29, 1.82) is 0 Å². The van der Waals surface area contributed by atoms with Gasteiger partial charge in [0.25, 0.3) is 0 Å². The summed E-state index contributed by atoms with van der Waals surface area (Å²) in [6.07, 6.45) is 1.72. The molecule has 2 aromatic heterocycles. The summed E-state index contributed by atoms with van der Waals surface area (Å²) >= 11 is 0. The van der Waals surface area contributed by atoms with Crippen LogP contribution in [0.5, 0.6) is 0 Å². The van der Waals surface area contributed by atoms with Crippen molar-refractivity contribution in [3.05, 3.63) is 60.4 Å². The standard InChI is InChI=1S/C16H13N5/c1-11-7-8-13-14(9-11)21-10-17-20-16(21)15(19-13)18-12-5-3-2-4-6-12/h2-10H,1H3,(H,18,19). The molecule has 102 valence electrons. The SMILES string of the molecule is Cc1ccc2nc(Nc3ccccc3)c3nncn3c2c1. The normalized spacial score (nSPS) is 11.1. The molecule has 0 bridgehead atoms. The molecule has 0 saturated heterocycles. The van der Waals surface area contributed by atoms with Gasteiger partial charge in [-0.05, 0) is 36.8 Å². The highest BCUT2D eigenvalue weighted by atomic mass is 15.3. The number of anilines is 2. The topological polar surface area (TPSA) is 55.1 Å². The van der Waals surface area contributed by atoms with Crippen LogP contribution in [0.25, 0.3) is 16.7 Å². The van der Waals surface area contributed by atoms with Gasteiger partial charge in [0, 0.05) is 5.69 Å². The Morgan fingerprint density at radius 1 is 1.05 bits per heavy atom. The van der Waals surface area contributed by atoms with Crippen LogP contribution in [0.3, 0.4) is 0 Å². The molecule has 0 fully saturated rings. The highest BCUT2D eigenvalue weighted by molar-refractivity contribution is 5.84. The number of nitrogens with zero attached hydrogens (tertiary/aromatic N) is 4. The quantitative estimate of drug-likeness (QED) is 0.609. The summed E-state index contributed by atoms with van der Waals surface area (Å²) in [5.74, 6) is 0.704. The third-order valence-corrected chi connectivity index (χ3v) is 3.42. The summed E-state index contributed by atoms with van der Waals surface area (Å²) < 4.78 is 1.96. The number of aromatic nitrogens is 4. The summed E-state index contributed by atoms with van der Waals surface area (Å²) in [5.41, 5.74) is 4.79. The van der Waals surface area contributed by atoms with Crippen molar-refractivity contribution in [3.63, 3.8) is 0 Å². The molecule has 0 unspecified atom stereocenters. The number of hydrogen-bond acceptors (Lipinski definition) is 4. The third kappa shape index (κ3) is 1.99. The van der Waals surface area contributed by atoms with E-state index in [1.54, 1.807) is 6.33 Å². The van der Waals surface area contributed by atoms with Crippen molar-refractivity contribution in [1.82, 2.24) is 19.6 Å². The Kier molecular flexibility index (Phi) is 2.57. The van der Waals surface area contributed by atoms with Gasteiger partial charge in [0.1, 0.15) is 6.33 Å². The van der Waals surface area contributed by atoms with Gasteiger partial charge in [-0.1, -0.05) is 24.3 Å². The molecule has 0 aliphatic rings. The zero-order valence-corrected chi connectivity index (χ0v) is 11.5. The summed E-state index contributed by atoms with van der Waals surface area (Å²) in [7, 11) is 0. The van der Waals surface area contributed by atoms with Gasteiger partial charge in [-0.15, -0.1) is 10.2 Å². The molecule has 4 aromatic rings. The molecule has 21 heavy (non-hydrogen) atoms. The summed E-state index contributed by atoms with van der Waals surface area (Å²) in [4.78, 5) is 4.68. The van der Waals surface area contributed by atoms with Crippen LogP contribution in [0.1, 0.15) is 5.56 Å². The fourth-order valence-corrected chi connectivity index (χ4v) is 2.41. The number of nitrogens with one attached hydrogen (secondary N) is 1. The minimum atomic E-state index is 0.704. The molecule has 4 rings (SSSR count). The maximum atomic E-state index is 4.68. The predicted molar refractivity (Wildman–Crippen MR) is 82.7 cm³/mol. The Hall–Kier alpha value is -2.95. The second-order valence-electron chi connectivity index (χ2n) is 4.97. The number of fused-ring (bicyclic) bond motifs is 3. The number of hydrogen-bond donors (Lipinski definition) is 1. The lowest BCUT2D eigenvalue weighted by atomic mass is 10.2. The Morgan fingerprint density at radius 3 is 2.76 bits per heavy atom. The highest BCUT2D eigenvalue weighted by Crippen LogP contribution is 2.23. The first-order valence-electron chi connectivity index (χ1n) is 6.73. The Balaban J connectivity index is 1.95. The van der Waals surface area contributed by atoms with Crippen molar-refractivity contribution in [3.8, 4) is 0 Å². The van der Waals surface area contributed by atoms with Crippen molar-refractivity contribution in [2.45, 2.75) is 6.92 Å². The monoisotopic (exact) mass is 275 g/mol. The molecule has 0 radical (unpaired) electrons. The number of rotatable bonds is 2. The maximum absolute atomic E-state index is 4.68. The van der Waals surface area contributed by atoms with Crippen molar-refractivity contribution in [2.75, 3.05) is 5.32 Å². The first-order chi connectivity index (χ1) is 10.3. The molecule has 0 aliphatic heterocycles. The zero-order chi connectivity index (χ0) is 14.2. The molecule has 5 nitrogen and oxygen atoms in total. The lowest BCUT2D eigenvalue weighted by Gasteiger charge is -2.09. The van der Waals surface area contributed by atoms with Crippen LogP contribution in [0.2, 0.25) is 0 Å². The Labute approximate surface area is 121 Å². The lowest BCUT2D eigenvalue weighted by Crippen LogP contribution is -2.00. The van der Waals surface area contributed by atoms with E-state index in [-0.39, 0.29) is 0 Å². The van der Waals surface area contributed by atoms with Gasteiger partial charge >= 0.3 is 0 Å². The Bertz CT molecular complexity index is 927. The molecular weight excluding hydrogens is 262 g/mol. The second kappa shape index (κ2) is 4.56. The van der Waals surface area contributed by atoms with Gasteiger partial charge in [-0.2, -0.15) is 0 Å².